The van der Waals surface area contributed by atoms with Crippen molar-refractivity contribution >= 4 is 29.3 Å². The first-order chi connectivity index (χ1) is 10.9. The van der Waals surface area contributed by atoms with Crippen LogP contribution in [0, 0.1) is 6.92 Å². The normalized spacial score (nSPS) is 12.1. The predicted octanol–water partition coefficient (Wildman–Crippen LogP) is 1.62. The van der Waals surface area contributed by atoms with Gasteiger partial charge in [0, 0.05) is 31.0 Å². The van der Waals surface area contributed by atoms with Gasteiger partial charge in [-0.25, -0.2) is 4.98 Å². The van der Waals surface area contributed by atoms with E-state index in [4.69, 9.17) is 11.6 Å². The lowest BCUT2D eigenvalue weighted by Gasteiger charge is -2.11. The average molecular weight is 356 g/mol. The van der Waals surface area contributed by atoms with Crippen molar-refractivity contribution in [3.05, 3.63) is 39.5 Å². The Hall–Kier alpha value is -1.80. The molecule has 0 aromatic carbocycles. The third-order valence-electron chi connectivity index (χ3n) is 2.97. The van der Waals surface area contributed by atoms with Crippen LogP contribution in [0.3, 0.4) is 0 Å². The van der Waals surface area contributed by atoms with E-state index in [1.54, 1.807) is 30.9 Å². The van der Waals surface area contributed by atoms with Gasteiger partial charge in [0.1, 0.15) is 0 Å². The topological polar surface area (TPSA) is 92.7 Å². The van der Waals surface area contributed by atoms with Crippen molar-refractivity contribution in [3.63, 3.8) is 0 Å². The van der Waals surface area contributed by atoms with Gasteiger partial charge in [-0.1, -0.05) is 23.4 Å². The second kappa shape index (κ2) is 8.16. The molecule has 2 heterocycles. The summed E-state index contributed by atoms with van der Waals surface area (Å²) in [5.74, 6) is -0.0994. The highest BCUT2D eigenvalue weighted by atomic mass is 35.5. The number of rotatable bonds is 7. The average Bonchev–Trinajstić information content (AvgIpc) is 2.87. The van der Waals surface area contributed by atoms with E-state index in [0.29, 0.717) is 29.0 Å². The van der Waals surface area contributed by atoms with Crippen LogP contribution >= 0.6 is 23.4 Å². The molecule has 1 amide bonds. The fraction of sp³-hybridized carbons (Fsp3) is 0.429. The Balaban J connectivity index is 1.75. The Labute approximate surface area is 142 Å². The SMILES string of the molecule is Cc1cc(=O)[nH]c(S[C@@H](C)C(=O)NCCCn2cc(Cl)cn2)n1. The third kappa shape index (κ3) is 5.72. The number of nitrogens with one attached hydrogen (secondary N) is 2. The molecule has 2 rings (SSSR count). The van der Waals surface area contributed by atoms with E-state index in [-0.39, 0.29) is 16.7 Å². The van der Waals surface area contributed by atoms with E-state index in [0.717, 1.165) is 6.42 Å². The van der Waals surface area contributed by atoms with Gasteiger partial charge in [0.25, 0.3) is 5.56 Å². The van der Waals surface area contributed by atoms with E-state index < -0.39 is 0 Å². The molecule has 1 atom stereocenters. The Kier molecular flexibility index (Phi) is 6.23. The van der Waals surface area contributed by atoms with Gasteiger partial charge in [-0.3, -0.25) is 14.3 Å². The molecular weight excluding hydrogens is 338 g/mol. The zero-order valence-corrected chi connectivity index (χ0v) is 14.4. The molecule has 23 heavy (non-hydrogen) atoms. The third-order valence-corrected chi connectivity index (χ3v) is 4.15. The molecule has 2 aromatic rings. The minimum atomic E-state index is -0.348. The summed E-state index contributed by atoms with van der Waals surface area (Å²) in [6, 6.07) is 1.41. The summed E-state index contributed by atoms with van der Waals surface area (Å²) < 4.78 is 1.73. The van der Waals surface area contributed by atoms with E-state index >= 15 is 0 Å². The van der Waals surface area contributed by atoms with Crippen molar-refractivity contribution in [1.82, 2.24) is 25.1 Å². The molecule has 0 spiro atoms. The molecule has 0 aliphatic heterocycles. The molecule has 2 aromatic heterocycles. The number of halogens is 1. The number of carbonyl (C=O) groups is 1. The number of carbonyl (C=O) groups excluding carboxylic acids is 1. The van der Waals surface area contributed by atoms with Gasteiger partial charge >= 0.3 is 0 Å². The van der Waals surface area contributed by atoms with Crippen LogP contribution in [0.4, 0.5) is 0 Å². The summed E-state index contributed by atoms with van der Waals surface area (Å²) in [6.45, 7) is 4.74. The van der Waals surface area contributed by atoms with Gasteiger partial charge in [-0.15, -0.1) is 0 Å². The van der Waals surface area contributed by atoms with Crippen molar-refractivity contribution in [2.24, 2.45) is 0 Å². The Morgan fingerprint density at radius 2 is 2.35 bits per heavy atom. The van der Waals surface area contributed by atoms with Crippen LogP contribution in [0.1, 0.15) is 19.0 Å². The second-order valence-corrected chi connectivity index (χ2v) is 6.78. The van der Waals surface area contributed by atoms with Gasteiger partial charge in [0.05, 0.1) is 16.5 Å². The number of H-pyrrole nitrogens is 1. The lowest BCUT2D eigenvalue weighted by Crippen LogP contribution is -2.32. The Morgan fingerprint density at radius 3 is 3.00 bits per heavy atom. The summed E-state index contributed by atoms with van der Waals surface area (Å²) in [5, 5.41) is 7.62. The van der Waals surface area contributed by atoms with Crippen molar-refractivity contribution < 1.29 is 4.79 Å². The van der Waals surface area contributed by atoms with Crippen LogP contribution in [0.25, 0.3) is 0 Å². The van der Waals surface area contributed by atoms with Crippen molar-refractivity contribution in [2.75, 3.05) is 6.54 Å². The molecule has 0 fully saturated rings. The number of thioether (sulfide) groups is 1. The smallest absolute Gasteiger partial charge is 0.251 e. The number of hydrogen-bond acceptors (Lipinski definition) is 5. The predicted molar refractivity (Wildman–Crippen MR) is 89.8 cm³/mol. The van der Waals surface area contributed by atoms with Crippen molar-refractivity contribution in [1.29, 1.82) is 0 Å². The van der Waals surface area contributed by atoms with Gasteiger partial charge in [-0.2, -0.15) is 5.10 Å². The van der Waals surface area contributed by atoms with Crippen LogP contribution in [-0.2, 0) is 11.3 Å². The van der Waals surface area contributed by atoms with Crippen molar-refractivity contribution in [3.8, 4) is 0 Å². The number of aryl methyl sites for hydroxylation is 2. The second-order valence-electron chi connectivity index (χ2n) is 5.02. The quantitative estimate of drug-likeness (QED) is 0.447. The van der Waals surface area contributed by atoms with Crippen LogP contribution < -0.4 is 10.9 Å². The molecule has 9 heteroatoms. The maximum Gasteiger partial charge on any atom is 0.251 e. The number of hydrogen-bond donors (Lipinski definition) is 2. The lowest BCUT2D eigenvalue weighted by atomic mass is 10.4. The van der Waals surface area contributed by atoms with Gasteiger partial charge in [0.2, 0.25) is 5.91 Å². The molecule has 0 aliphatic carbocycles. The number of amides is 1. The van der Waals surface area contributed by atoms with Crippen LogP contribution in [0.2, 0.25) is 5.02 Å². The van der Waals surface area contributed by atoms with Crippen LogP contribution in [0.15, 0.2) is 28.4 Å². The fourth-order valence-electron chi connectivity index (χ4n) is 1.89. The molecule has 0 radical (unpaired) electrons. The zero-order chi connectivity index (χ0) is 16.8. The standard InChI is InChI=1S/C14H18ClN5O2S/c1-9-6-12(21)19-14(18-9)23-10(2)13(22)16-4-3-5-20-8-11(15)7-17-20/h6-8,10H,3-5H2,1-2H3,(H,16,22)(H,18,19,21)/t10-/m0/s1. The zero-order valence-electron chi connectivity index (χ0n) is 12.9. The van der Waals surface area contributed by atoms with Crippen LogP contribution in [0.5, 0.6) is 0 Å². The first-order valence-electron chi connectivity index (χ1n) is 7.14. The molecule has 0 saturated heterocycles. The highest BCUT2D eigenvalue weighted by Gasteiger charge is 2.15. The van der Waals surface area contributed by atoms with Gasteiger partial charge in [0.15, 0.2) is 5.16 Å². The minimum absolute atomic E-state index is 0.0994. The minimum Gasteiger partial charge on any atom is -0.355 e. The maximum atomic E-state index is 12.0. The summed E-state index contributed by atoms with van der Waals surface area (Å²) in [7, 11) is 0. The first kappa shape index (κ1) is 17.6. The Morgan fingerprint density at radius 1 is 1.57 bits per heavy atom. The largest absolute Gasteiger partial charge is 0.355 e. The molecular formula is C14H18ClN5O2S. The molecule has 7 nitrogen and oxygen atoms in total. The summed E-state index contributed by atoms with van der Waals surface area (Å²) in [5.41, 5.74) is 0.409. The summed E-state index contributed by atoms with van der Waals surface area (Å²) in [6.07, 6.45) is 4.07. The van der Waals surface area contributed by atoms with Crippen LogP contribution in [-0.4, -0.2) is 37.5 Å². The van der Waals surface area contributed by atoms with E-state index in [1.807, 2.05) is 0 Å². The van der Waals surface area contributed by atoms with Gasteiger partial charge < -0.3 is 10.3 Å². The fourth-order valence-corrected chi connectivity index (χ4v) is 2.92. The number of aromatic amines is 1. The molecule has 2 N–H and O–H groups in total. The highest BCUT2D eigenvalue weighted by Crippen LogP contribution is 2.18. The molecule has 0 bridgehead atoms. The monoisotopic (exact) mass is 355 g/mol. The number of aromatic nitrogens is 4. The first-order valence-corrected chi connectivity index (χ1v) is 8.40. The van der Waals surface area contributed by atoms with Crippen molar-refractivity contribution in [2.45, 2.75) is 37.2 Å². The molecule has 0 unspecified atom stereocenters. The highest BCUT2D eigenvalue weighted by molar-refractivity contribution is 8.00. The van der Waals surface area contributed by atoms with E-state index in [2.05, 4.69) is 20.4 Å². The molecule has 0 saturated carbocycles. The lowest BCUT2D eigenvalue weighted by molar-refractivity contribution is -0.120. The van der Waals surface area contributed by atoms with E-state index in [9.17, 15) is 9.59 Å². The molecule has 0 aliphatic rings. The summed E-state index contributed by atoms with van der Waals surface area (Å²) >= 11 is 7.00. The summed E-state index contributed by atoms with van der Waals surface area (Å²) in [4.78, 5) is 30.2. The van der Waals surface area contributed by atoms with E-state index in [1.165, 1.54) is 17.8 Å². The Bertz CT molecular complexity index is 730. The maximum absolute atomic E-state index is 12.0. The van der Waals surface area contributed by atoms with Gasteiger partial charge in [-0.05, 0) is 20.3 Å². The molecule has 124 valence electrons. The number of nitrogens with zero attached hydrogens (tertiary/aromatic N) is 3.